The Labute approximate surface area is 587 Å². The summed E-state index contributed by atoms with van der Waals surface area (Å²) in [5.41, 5.74) is 35.6. The number of hydrogen-bond acceptors (Lipinski definition) is 20. The summed E-state index contributed by atoms with van der Waals surface area (Å²) in [4.78, 5) is 197. The molecule has 12 atom stereocenters. The fraction of sp³-hybridized carbons (Fsp3) is 0.547. The Hall–Kier alpha value is -10.1. The highest BCUT2D eigenvalue weighted by molar-refractivity contribution is 7.98. The minimum absolute atomic E-state index is 0.0160. The summed E-state index contributed by atoms with van der Waals surface area (Å²) in [6.07, 6.45) is -1.32. The Kier molecular flexibility index (Phi) is 36.6. The number of phenolic OH excluding ortho intramolecular Hbond substituents is 1. The summed E-state index contributed by atoms with van der Waals surface area (Å²) in [7, 11) is 0. The van der Waals surface area contributed by atoms with Crippen LogP contribution in [0.5, 0.6) is 5.75 Å². The predicted octanol–water partition coefficient (Wildman–Crippen LogP) is -4.69. The highest BCUT2D eigenvalue weighted by Gasteiger charge is 2.38. The van der Waals surface area contributed by atoms with E-state index in [2.05, 4.69) is 63.1 Å². The molecule has 0 saturated carbocycles. The number of H-pyrrole nitrogens is 1. The van der Waals surface area contributed by atoms with Crippen LogP contribution in [0.1, 0.15) is 116 Å². The Bertz CT molecular complexity index is 3370. The number of rotatable bonds is 47. The van der Waals surface area contributed by atoms with E-state index in [1.807, 2.05) is 24.5 Å². The Balaban J connectivity index is 1.98. The number of nitrogens with one attached hydrogen (secondary N) is 11. The van der Waals surface area contributed by atoms with Crippen LogP contribution in [-0.4, -0.2) is 212 Å². The van der Waals surface area contributed by atoms with Gasteiger partial charge < -0.3 is 113 Å². The molecule has 3 aromatic rings. The standard InChI is InChI=1S/C64H98N18O18S/c1-32(2)27-45(59(95)77-44(20-22-50(68)86)58(94)82-52(34(4)83)63(99)100)79-62(98)48(30-51(87)88)81-60(96)46(28-35-15-17-37(84)18-16-35)80-57(93)43(19-21-49(67)85)76-56(92)41(13-8-9-24-65)74-53(89)33(3)73-55(91)42(14-10-25-71-64(69)70)75-61(97)47(78-54(90)39(66)23-26-101-5)29-36-31-72-40-12-7-6-11-38(36)40/h6-7,11-12,15-18,31-34,39,41-48,52,72,83-84H,8-10,13-14,19-30,65-66H2,1-5H3,(H2,67,85)(H2,68,86)(H,73,91)(H,74,89)(H,75,97)(H,76,92)(H,77,95)(H,78,90)(H,79,98)(H,80,93)(H,81,96)(H,82,94)(H,87,88)(H,99,100)(H4,69,70,71)/t33-,34+,39-,41-,42-,43-,44-,45-,46-,47-,48-,52-/m0/s1. The summed E-state index contributed by atoms with van der Waals surface area (Å²) < 4.78 is 0. The largest absolute Gasteiger partial charge is 0.508 e. The van der Waals surface area contributed by atoms with Gasteiger partial charge in [-0.3, -0.25) is 67.3 Å². The number of guanidine groups is 1. The number of para-hydroxylation sites is 1. The molecule has 0 radical (unpaired) electrons. The second kappa shape index (κ2) is 43.4. The first-order valence-corrected chi connectivity index (χ1v) is 34.1. The van der Waals surface area contributed by atoms with Crippen LogP contribution in [0.15, 0.2) is 59.7 Å². The van der Waals surface area contributed by atoms with E-state index in [1.165, 1.54) is 43.0 Å². The molecule has 0 aliphatic carbocycles. The van der Waals surface area contributed by atoms with Gasteiger partial charge in [-0.2, -0.15) is 11.8 Å². The third-order valence-corrected chi connectivity index (χ3v) is 16.3. The third-order valence-electron chi connectivity index (χ3n) is 15.6. The third kappa shape index (κ3) is 30.9. The number of aliphatic imine (C=N–C) groups is 1. The van der Waals surface area contributed by atoms with Crippen LogP contribution in [-0.2, 0) is 80.0 Å². The molecule has 558 valence electrons. The minimum atomic E-state index is -2.04. The van der Waals surface area contributed by atoms with E-state index in [0.29, 0.717) is 24.2 Å². The van der Waals surface area contributed by atoms with Gasteiger partial charge in [0.15, 0.2) is 12.0 Å². The molecule has 27 N–H and O–H groups in total. The van der Waals surface area contributed by atoms with Crippen molar-refractivity contribution in [1.29, 1.82) is 0 Å². The van der Waals surface area contributed by atoms with Crippen molar-refractivity contribution in [2.24, 2.45) is 45.3 Å². The SMILES string of the molecule is CSCC[C@H](N)C(=O)N[C@@H](Cc1c[nH]c2ccccc12)C(=O)N[C@@H](CCCN=C(N)N)C(=O)N[C@@H](C)C(=O)N[C@@H](CCCCN)C(=O)N[C@@H](CCC(N)=O)C(=O)N[C@@H](Cc1ccc(O)cc1)C(=O)N[C@@H](CC(=O)O)C(=O)N[C@@H](CC(C)C)C(=O)N[C@@H](CCC(N)=O)C(=O)N[C@H](C(=O)O)[C@@H](C)O. The van der Waals surface area contributed by atoms with Crippen LogP contribution >= 0.6 is 11.8 Å². The molecule has 0 bridgehead atoms. The minimum Gasteiger partial charge on any atom is -0.508 e. The lowest BCUT2D eigenvalue weighted by atomic mass is 10.0. The fourth-order valence-electron chi connectivity index (χ4n) is 10.1. The van der Waals surface area contributed by atoms with Gasteiger partial charge in [-0.15, -0.1) is 0 Å². The number of hydrogen-bond donors (Lipinski definition) is 21. The number of amides is 12. The second-order valence-corrected chi connectivity index (χ2v) is 25.6. The van der Waals surface area contributed by atoms with Crippen LogP contribution in [0.2, 0.25) is 0 Å². The van der Waals surface area contributed by atoms with E-state index in [0.717, 1.165) is 17.8 Å². The molecule has 0 saturated heterocycles. The van der Waals surface area contributed by atoms with E-state index >= 15 is 0 Å². The van der Waals surface area contributed by atoms with Gasteiger partial charge in [0.05, 0.1) is 18.6 Å². The maximum Gasteiger partial charge on any atom is 0.328 e. The second-order valence-electron chi connectivity index (χ2n) is 24.6. The maximum absolute atomic E-state index is 14.6. The number of carboxylic acids is 2. The molecule has 0 unspecified atom stereocenters. The van der Waals surface area contributed by atoms with Gasteiger partial charge in [0.25, 0.3) is 0 Å². The van der Waals surface area contributed by atoms with Crippen molar-refractivity contribution in [1.82, 2.24) is 58.2 Å². The van der Waals surface area contributed by atoms with Gasteiger partial charge in [-0.1, -0.05) is 44.2 Å². The molecule has 0 aliphatic rings. The van der Waals surface area contributed by atoms with Crippen molar-refractivity contribution < 1.29 is 87.5 Å². The lowest BCUT2D eigenvalue weighted by molar-refractivity contribution is -0.145. The highest BCUT2D eigenvalue weighted by Crippen LogP contribution is 2.21. The quantitative estimate of drug-likeness (QED) is 0.0144. The summed E-state index contributed by atoms with van der Waals surface area (Å²) in [6, 6.07) is -4.91. The Morgan fingerprint density at radius 3 is 1.52 bits per heavy atom. The van der Waals surface area contributed by atoms with Crippen molar-refractivity contribution in [3.05, 3.63) is 65.9 Å². The van der Waals surface area contributed by atoms with E-state index < -0.39 is 200 Å². The molecular formula is C64H98N18O18S. The van der Waals surface area contributed by atoms with Crippen LogP contribution in [0.3, 0.4) is 0 Å². The van der Waals surface area contributed by atoms with Gasteiger partial charge in [0.1, 0.15) is 60.1 Å². The number of carboxylic acid groups (broad SMARTS) is 2. The number of carbonyl (C=O) groups excluding carboxylic acids is 12. The van der Waals surface area contributed by atoms with Crippen LogP contribution in [0.4, 0.5) is 0 Å². The number of nitrogens with two attached hydrogens (primary N) is 6. The zero-order chi connectivity index (χ0) is 75.6. The lowest BCUT2D eigenvalue weighted by Crippen LogP contribution is -2.61. The summed E-state index contributed by atoms with van der Waals surface area (Å²) in [5, 5.41) is 65.0. The smallest absolute Gasteiger partial charge is 0.328 e. The van der Waals surface area contributed by atoms with Crippen LogP contribution in [0, 0.1) is 5.92 Å². The Morgan fingerprint density at radius 2 is 1.00 bits per heavy atom. The van der Waals surface area contributed by atoms with Gasteiger partial charge in [-0.05, 0) is 125 Å². The molecule has 0 spiro atoms. The van der Waals surface area contributed by atoms with E-state index in [-0.39, 0.29) is 68.9 Å². The van der Waals surface area contributed by atoms with E-state index in [9.17, 15) is 87.5 Å². The topological polar surface area (TPSA) is 624 Å². The number of nitrogens with zero attached hydrogens (tertiary/aromatic N) is 1. The summed E-state index contributed by atoms with van der Waals surface area (Å²) in [5.74, 6) is -15.7. The fourth-order valence-corrected chi connectivity index (χ4v) is 10.6. The van der Waals surface area contributed by atoms with E-state index in [4.69, 9.17) is 34.4 Å². The number of aromatic nitrogens is 1. The van der Waals surface area contributed by atoms with Gasteiger partial charge >= 0.3 is 11.9 Å². The number of carbonyl (C=O) groups is 14. The normalized spacial score (nSPS) is 14.7. The molecule has 1 aromatic heterocycles. The molecule has 12 amide bonds. The van der Waals surface area contributed by atoms with Crippen molar-refractivity contribution >= 4 is 111 Å². The molecule has 3 rings (SSSR count). The first-order chi connectivity index (χ1) is 47.6. The number of aliphatic hydroxyl groups is 1. The molecule has 0 aliphatic heterocycles. The maximum atomic E-state index is 14.6. The number of thioether (sulfide) groups is 1. The number of phenols is 1. The zero-order valence-corrected chi connectivity index (χ0v) is 57.9. The van der Waals surface area contributed by atoms with Crippen molar-refractivity contribution in [2.75, 3.05) is 25.1 Å². The summed E-state index contributed by atoms with van der Waals surface area (Å²) >= 11 is 1.47. The molecule has 36 nitrogen and oxygen atoms in total. The number of fused-ring (bicyclic) bond motifs is 1. The molecule has 1 heterocycles. The number of unbranched alkanes of at least 4 members (excludes halogenated alkanes) is 1. The van der Waals surface area contributed by atoms with Crippen molar-refractivity contribution in [2.45, 2.75) is 190 Å². The monoisotopic (exact) mass is 1440 g/mol. The molecule has 0 fully saturated rings. The molecule has 101 heavy (non-hydrogen) atoms. The van der Waals surface area contributed by atoms with Crippen molar-refractivity contribution in [3.8, 4) is 5.75 Å². The average molecular weight is 1440 g/mol. The van der Waals surface area contributed by atoms with Crippen molar-refractivity contribution in [3.63, 3.8) is 0 Å². The lowest BCUT2D eigenvalue weighted by Gasteiger charge is -2.28. The first kappa shape index (κ1) is 85.1. The Morgan fingerprint density at radius 1 is 0.535 bits per heavy atom. The predicted molar refractivity (Wildman–Crippen MR) is 370 cm³/mol. The van der Waals surface area contributed by atoms with Gasteiger partial charge in [0, 0.05) is 49.3 Å². The number of aromatic hydroxyl groups is 1. The number of aromatic amines is 1. The average Bonchev–Trinajstić information content (AvgIpc) is 1.24. The number of primary amides is 2. The molecule has 2 aromatic carbocycles. The van der Waals surface area contributed by atoms with Crippen LogP contribution in [0.25, 0.3) is 10.9 Å². The van der Waals surface area contributed by atoms with Gasteiger partial charge in [0.2, 0.25) is 70.9 Å². The highest BCUT2D eigenvalue weighted by atomic mass is 32.2. The molecule has 37 heteroatoms. The summed E-state index contributed by atoms with van der Waals surface area (Å²) in [6.45, 7) is 5.76. The van der Waals surface area contributed by atoms with E-state index in [1.54, 1.807) is 26.1 Å². The number of benzene rings is 2. The first-order valence-electron chi connectivity index (χ1n) is 32.7. The number of aliphatic hydroxyl groups excluding tert-OH is 1. The van der Waals surface area contributed by atoms with Gasteiger partial charge in [-0.25, -0.2) is 4.79 Å². The number of aliphatic carboxylic acids is 2. The van der Waals surface area contributed by atoms with Crippen LogP contribution < -0.4 is 87.6 Å². The molecular weight excluding hydrogens is 1340 g/mol. The zero-order valence-electron chi connectivity index (χ0n) is 57.0.